The zero-order valence-electron chi connectivity index (χ0n) is 20.5. The van der Waals surface area contributed by atoms with E-state index in [1.807, 2.05) is 0 Å². The summed E-state index contributed by atoms with van der Waals surface area (Å²) in [6.45, 7) is 6.35. The summed E-state index contributed by atoms with van der Waals surface area (Å²) in [6, 6.07) is 13.3. The number of benzene rings is 2. The minimum absolute atomic E-state index is 0.0916. The predicted octanol–water partition coefficient (Wildman–Crippen LogP) is 6.39. The molecule has 3 nitrogen and oxygen atoms in total. The maximum absolute atomic E-state index is 13.3. The Labute approximate surface area is 201 Å². The predicted molar refractivity (Wildman–Crippen MR) is 131 cm³/mol. The van der Waals surface area contributed by atoms with Gasteiger partial charge in [0.1, 0.15) is 0 Å². The molecule has 2 N–H and O–H groups in total. The van der Waals surface area contributed by atoms with Crippen molar-refractivity contribution >= 4 is 6.08 Å². The number of alkyl halides is 3. The SMILES string of the molecule is CO.COC(c1ccccc1CC(F)(F)F)C1C(C(C)C)=Cc2c(C3CCNCC3)cccc21. The lowest BCUT2D eigenvalue weighted by Gasteiger charge is -2.30. The van der Waals surface area contributed by atoms with Gasteiger partial charge in [-0.25, -0.2) is 0 Å². The van der Waals surface area contributed by atoms with Gasteiger partial charge in [0.25, 0.3) is 0 Å². The van der Waals surface area contributed by atoms with Crippen molar-refractivity contribution in [2.45, 2.75) is 57.2 Å². The molecule has 186 valence electrons. The first-order valence-electron chi connectivity index (χ1n) is 12.0. The number of hydrogen-bond acceptors (Lipinski definition) is 3. The zero-order chi connectivity index (χ0) is 24.9. The fourth-order valence-electron chi connectivity index (χ4n) is 5.46. The molecule has 2 unspecified atom stereocenters. The van der Waals surface area contributed by atoms with Crippen LogP contribution in [0.4, 0.5) is 13.2 Å². The van der Waals surface area contributed by atoms with Crippen LogP contribution in [0.1, 0.15) is 72.4 Å². The van der Waals surface area contributed by atoms with E-state index < -0.39 is 18.7 Å². The van der Waals surface area contributed by atoms with Crippen molar-refractivity contribution in [2.24, 2.45) is 5.92 Å². The van der Waals surface area contributed by atoms with Crippen LogP contribution < -0.4 is 5.32 Å². The minimum atomic E-state index is -4.26. The normalized spacial score (nSPS) is 19.3. The smallest absolute Gasteiger partial charge is 0.393 e. The van der Waals surface area contributed by atoms with Crippen molar-refractivity contribution in [2.75, 3.05) is 27.3 Å². The number of aliphatic hydroxyl groups is 1. The van der Waals surface area contributed by atoms with Gasteiger partial charge in [-0.15, -0.1) is 0 Å². The van der Waals surface area contributed by atoms with Gasteiger partial charge in [-0.3, -0.25) is 0 Å². The standard InChI is InChI=1S/C27H32F3NO.CH4O/c1-17(2)23-15-24-20(18-11-13-31-14-12-18)9-6-10-22(24)25(23)26(32-3)21-8-5-4-7-19(21)16-27(28,29)30;1-2/h4-10,15,17-18,25-26,31H,11-14,16H2,1-3H3;2H,1H3. The number of piperidine rings is 1. The molecule has 1 fully saturated rings. The molecule has 0 radical (unpaired) electrons. The Balaban J connectivity index is 0.00000158. The van der Waals surface area contributed by atoms with Crippen molar-refractivity contribution < 1.29 is 23.0 Å². The summed E-state index contributed by atoms with van der Waals surface area (Å²) in [4.78, 5) is 0. The van der Waals surface area contributed by atoms with E-state index in [0.717, 1.165) is 33.0 Å². The number of ether oxygens (including phenoxy) is 1. The van der Waals surface area contributed by atoms with Crippen molar-refractivity contribution in [1.82, 2.24) is 5.32 Å². The average molecular weight is 476 g/mol. The highest BCUT2D eigenvalue weighted by Gasteiger charge is 2.38. The lowest BCUT2D eigenvalue weighted by Crippen LogP contribution is -2.27. The lowest BCUT2D eigenvalue weighted by molar-refractivity contribution is -0.127. The number of rotatable bonds is 6. The van der Waals surface area contributed by atoms with E-state index in [2.05, 4.69) is 43.4 Å². The van der Waals surface area contributed by atoms with Gasteiger partial charge >= 0.3 is 6.18 Å². The molecular formula is C28H36F3NO2. The number of methoxy groups -OCH3 is 1. The summed E-state index contributed by atoms with van der Waals surface area (Å²) >= 11 is 0. The highest BCUT2D eigenvalue weighted by Crippen LogP contribution is 2.51. The molecule has 1 aliphatic carbocycles. The van der Waals surface area contributed by atoms with Crippen LogP contribution in [0.15, 0.2) is 48.0 Å². The van der Waals surface area contributed by atoms with Crippen LogP contribution in [0.25, 0.3) is 6.08 Å². The summed E-state index contributed by atoms with van der Waals surface area (Å²) in [5.74, 6) is 0.680. The van der Waals surface area contributed by atoms with Gasteiger partial charge in [0.05, 0.1) is 12.5 Å². The van der Waals surface area contributed by atoms with Gasteiger partial charge in [0, 0.05) is 20.1 Å². The molecule has 1 aliphatic heterocycles. The summed E-state index contributed by atoms with van der Waals surface area (Å²) in [7, 11) is 2.61. The third kappa shape index (κ3) is 5.73. The fraction of sp³-hybridized carbons (Fsp3) is 0.500. The Morgan fingerprint density at radius 1 is 1.00 bits per heavy atom. The van der Waals surface area contributed by atoms with Crippen LogP contribution in [0.2, 0.25) is 0 Å². The second-order valence-corrected chi connectivity index (χ2v) is 9.30. The van der Waals surface area contributed by atoms with Crippen LogP contribution in [-0.2, 0) is 11.2 Å². The van der Waals surface area contributed by atoms with Gasteiger partial charge in [0.15, 0.2) is 0 Å². The van der Waals surface area contributed by atoms with E-state index in [0.29, 0.717) is 11.5 Å². The average Bonchev–Trinajstić information content (AvgIpc) is 3.22. The molecule has 0 aromatic heterocycles. The molecule has 0 spiro atoms. The lowest BCUT2D eigenvalue weighted by atomic mass is 9.79. The van der Waals surface area contributed by atoms with Crippen molar-refractivity contribution in [1.29, 1.82) is 0 Å². The Kier molecular flexibility index (Phi) is 8.96. The van der Waals surface area contributed by atoms with E-state index in [-0.39, 0.29) is 17.4 Å². The summed E-state index contributed by atoms with van der Waals surface area (Å²) in [6.07, 6.45) is -1.17. The van der Waals surface area contributed by atoms with Crippen LogP contribution in [0.5, 0.6) is 0 Å². The first-order valence-corrected chi connectivity index (χ1v) is 12.0. The molecule has 2 aromatic rings. The van der Waals surface area contributed by atoms with E-state index in [4.69, 9.17) is 9.84 Å². The minimum Gasteiger partial charge on any atom is -0.400 e. The highest BCUT2D eigenvalue weighted by molar-refractivity contribution is 5.71. The van der Waals surface area contributed by atoms with Gasteiger partial charge in [0.2, 0.25) is 0 Å². The summed E-state index contributed by atoms with van der Waals surface area (Å²) < 4.78 is 45.9. The first-order chi connectivity index (χ1) is 16.3. The highest BCUT2D eigenvalue weighted by atomic mass is 19.4. The molecule has 2 atom stereocenters. The largest absolute Gasteiger partial charge is 0.400 e. The molecule has 34 heavy (non-hydrogen) atoms. The summed E-state index contributed by atoms with van der Waals surface area (Å²) in [5.41, 5.74) is 5.95. The van der Waals surface area contributed by atoms with Gasteiger partial charge in [-0.05, 0) is 65.6 Å². The number of aliphatic hydroxyl groups excluding tert-OH is 1. The molecule has 6 heteroatoms. The molecule has 0 bridgehead atoms. The van der Waals surface area contributed by atoms with E-state index in [9.17, 15) is 13.2 Å². The Bertz CT molecular complexity index is 978. The molecular weight excluding hydrogens is 439 g/mol. The zero-order valence-corrected chi connectivity index (χ0v) is 20.5. The van der Waals surface area contributed by atoms with E-state index >= 15 is 0 Å². The number of fused-ring (bicyclic) bond motifs is 1. The Morgan fingerprint density at radius 2 is 1.65 bits per heavy atom. The molecule has 0 saturated carbocycles. The summed E-state index contributed by atoms with van der Waals surface area (Å²) in [5, 5.41) is 10.4. The monoisotopic (exact) mass is 475 g/mol. The van der Waals surface area contributed by atoms with Crippen molar-refractivity contribution in [3.63, 3.8) is 0 Å². The molecule has 2 aromatic carbocycles. The number of nitrogens with one attached hydrogen (secondary N) is 1. The first kappa shape index (κ1) is 26.5. The molecule has 1 heterocycles. The Morgan fingerprint density at radius 3 is 2.26 bits per heavy atom. The van der Waals surface area contributed by atoms with E-state index in [1.54, 1.807) is 31.4 Å². The number of halogens is 3. The molecule has 2 aliphatic rings. The maximum Gasteiger partial charge on any atom is 0.393 e. The molecule has 0 amide bonds. The topological polar surface area (TPSA) is 41.5 Å². The van der Waals surface area contributed by atoms with Crippen LogP contribution in [0, 0.1) is 5.92 Å². The second kappa shape index (κ2) is 11.5. The third-order valence-electron chi connectivity index (χ3n) is 6.93. The van der Waals surface area contributed by atoms with Crippen LogP contribution >= 0.6 is 0 Å². The van der Waals surface area contributed by atoms with Gasteiger partial charge < -0.3 is 15.2 Å². The van der Waals surface area contributed by atoms with Crippen LogP contribution in [0.3, 0.4) is 0 Å². The van der Waals surface area contributed by atoms with Crippen molar-refractivity contribution in [3.05, 3.63) is 75.9 Å². The fourth-order valence-corrected chi connectivity index (χ4v) is 5.46. The van der Waals surface area contributed by atoms with Gasteiger partial charge in [-0.2, -0.15) is 13.2 Å². The third-order valence-corrected chi connectivity index (χ3v) is 6.93. The molecule has 4 rings (SSSR count). The second-order valence-electron chi connectivity index (χ2n) is 9.30. The molecule has 1 saturated heterocycles. The number of hydrogen-bond donors (Lipinski definition) is 2. The van der Waals surface area contributed by atoms with Crippen LogP contribution in [-0.4, -0.2) is 38.6 Å². The van der Waals surface area contributed by atoms with Gasteiger partial charge in [-0.1, -0.05) is 68.0 Å². The Hall–Kier alpha value is -2.15. The maximum atomic E-state index is 13.3. The van der Waals surface area contributed by atoms with E-state index in [1.165, 1.54) is 22.3 Å². The quantitative estimate of drug-likeness (QED) is 0.509. The van der Waals surface area contributed by atoms with Crippen molar-refractivity contribution in [3.8, 4) is 0 Å².